The maximum atomic E-state index is 11.2. The molecule has 0 radical (unpaired) electrons. The zero-order chi connectivity index (χ0) is 14.1. The Balaban J connectivity index is 3.00. The first-order valence-electron chi connectivity index (χ1n) is 5.70. The average molecular weight is 271 g/mol. The van der Waals surface area contributed by atoms with Gasteiger partial charge in [0.15, 0.2) is 0 Å². The third-order valence-electron chi connectivity index (χ3n) is 3.00. The summed E-state index contributed by atoms with van der Waals surface area (Å²) in [7, 11) is -3.76. The number of nitrogens with two attached hydrogens (primary N) is 2. The highest BCUT2D eigenvalue weighted by atomic mass is 32.2. The van der Waals surface area contributed by atoms with Crippen molar-refractivity contribution in [3.8, 4) is 0 Å². The van der Waals surface area contributed by atoms with Gasteiger partial charge in [0.25, 0.3) is 0 Å². The molecule has 1 aromatic rings. The first kappa shape index (κ1) is 14.8. The Labute approximate surface area is 109 Å². The van der Waals surface area contributed by atoms with Crippen LogP contribution in [0.5, 0.6) is 0 Å². The predicted molar refractivity (Wildman–Crippen MR) is 74.8 cm³/mol. The molecule has 0 saturated heterocycles. The number of benzene rings is 1. The van der Waals surface area contributed by atoms with E-state index in [0.29, 0.717) is 0 Å². The summed E-state index contributed by atoms with van der Waals surface area (Å²) in [6, 6.07) is 4.89. The molecule has 0 aliphatic rings. The highest BCUT2D eigenvalue weighted by Gasteiger charge is 2.20. The molecule has 0 aliphatic heterocycles. The molecular formula is C12H21N3O2S. The number of hydrogen-bond donors (Lipinski definition) is 3. The van der Waals surface area contributed by atoms with Gasteiger partial charge >= 0.3 is 0 Å². The molecule has 5 N–H and O–H groups in total. The number of hydrogen-bond acceptors (Lipinski definition) is 4. The lowest BCUT2D eigenvalue weighted by molar-refractivity contribution is 0.359. The molecule has 6 heteroatoms. The fraction of sp³-hybridized carbons (Fsp3) is 0.500. The van der Waals surface area contributed by atoms with Crippen LogP contribution in [0.25, 0.3) is 0 Å². The summed E-state index contributed by atoms with van der Waals surface area (Å²) < 4.78 is 22.4. The van der Waals surface area contributed by atoms with Crippen molar-refractivity contribution in [3.63, 3.8) is 0 Å². The molecule has 0 aliphatic carbocycles. The molecule has 0 saturated carbocycles. The largest absolute Gasteiger partial charge is 0.398 e. The molecule has 0 spiro atoms. The lowest BCUT2D eigenvalue weighted by Gasteiger charge is -2.29. The Hall–Kier alpha value is -1.27. The topological polar surface area (TPSA) is 98.2 Å². The number of primary sulfonamides is 1. The van der Waals surface area contributed by atoms with Gasteiger partial charge in [-0.2, -0.15) is 0 Å². The van der Waals surface area contributed by atoms with Gasteiger partial charge in [-0.3, -0.25) is 0 Å². The lowest BCUT2D eigenvalue weighted by Crippen LogP contribution is -2.30. The van der Waals surface area contributed by atoms with Crippen LogP contribution in [-0.2, 0) is 10.0 Å². The van der Waals surface area contributed by atoms with E-state index in [-0.39, 0.29) is 22.0 Å². The quantitative estimate of drug-likeness (QED) is 0.729. The summed E-state index contributed by atoms with van der Waals surface area (Å²) in [6.07, 6.45) is 0. The van der Waals surface area contributed by atoms with Crippen molar-refractivity contribution in [3.05, 3.63) is 18.2 Å². The third-order valence-corrected chi connectivity index (χ3v) is 3.98. The minimum Gasteiger partial charge on any atom is -0.398 e. The fourth-order valence-corrected chi connectivity index (χ4v) is 2.01. The van der Waals surface area contributed by atoms with Crippen LogP contribution >= 0.6 is 0 Å². The van der Waals surface area contributed by atoms with E-state index < -0.39 is 10.0 Å². The SMILES string of the molecule is CC(Nc1ccc(S(N)(=O)=O)c(N)c1)C(C)(C)C. The van der Waals surface area contributed by atoms with Crippen LogP contribution in [-0.4, -0.2) is 14.5 Å². The van der Waals surface area contributed by atoms with Crippen molar-refractivity contribution in [1.29, 1.82) is 0 Å². The monoisotopic (exact) mass is 271 g/mol. The van der Waals surface area contributed by atoms with Crippen LogP contribution in [0, 0.1) is 5.41 Å². The van der Waals surface area contributed by atoms with E-state index in [0.717, 1.165) is 5.69 Å². The van der Waals surface area contributed by atoms with Crippen LogP contribution in [0.15, 0.2) is 23.1 Å². The van der Waals surface area contributed by atoms with Gasteiger partial charge in [-0.05, 0) is 30.5 Å². The molecule has 1 rings (SSSR count). The van der Waals surface area contributed by atoms with E-state index in [1.165, 1.54) is 6.07 Å². The Kier molecular flexibility index (Phi) is 3.92. The summed E-state index contributed by atoms with van der Waals surface area (Å²) in [5, 5.41) is 8.34. The molecule has 0 bridgehead atoms. The smallest absolute Gasteiger partial charge is 0.240 e. The molecule has 1 atom stereocenters. The molecule has 18 heavy (non-hydrogen) atoms. The van der Waals surface area contributed by atoms with Crippen molar-refractivity contribution in [1.82, 2.24) is 0 Å². The zero-order valence-electron chi connectivity index (χ0n) is 11.2. The van der Waals surface area contributed by atoms with Gasteiger partial charge in [0.05, 0.1) is 5.69 Å². The molecular weight excluding hydrogens is 250 g/mol. The van der Waals surface area contributed by atoms with Crippen molar-refractivity contribution in [2.75, 3.05) is 11.1 Å². The van der Waals surface area contributed by atoms with Crippen LogP contribution in [0.4, 0.5) is 11.4 Å². The first-order chi connectivity index (χ1) is 8.01. The second-order valence-corrected chi connectivity index (χ2v) is 7.06. The molecule has 1 unspecified atom stereocenters. The van der Waals surface area contributed by atoms with Crippen molar-refractivity contribution in [2.24, 2.45) is 10.6 Å². The number of anilines is 2. The van der Waals surface area contributed by atoms with E-state index in [2.05, 4.69) is 33.0 Å². The second kappa shape index (κ2) is 4.78. The third kappa shape index (κ3) is 3.61. The Bertz CT molecular complexity index is 533. The summed E-state index contributed by atoms with van der Waals surface area (Å²) in [5.41, 5.74) is 6.72. The van der Waals surface area contributed by atoms with Crippen molar-refractivity contribution < 1.29 is 8.42 Å². The number of rotatable bonds is 3. The van der Waals surface area contributed by atoms with Crippen LogP contribution in [0.2, 0.25) is 0 Å². The van der Waals surface area contributed by atoms with Gasteiger partial charge in [-0.25, -0.2) is 13.6 Å². The van der Waals surface area contributed by atoms with Gasteiger partial charge in [-0.1, -0.05) is 20.8 Å². The normalized spacial score (nSPS) is 14.3. The number of nitrogens with one attached hydrogen (secondary N) is 1. The first-order valence-corrected chi connectivity index (χ1v) is 7.25. The Morgan fingerprint density at radius 2 is 1.83 bits per heavy atom. The second-order valence-electron chi connectivity index (χ2n) is 5.53. The molecule has 0 heterocycles. The summed E-state index contributed by atoms with van der Waals surface area (Å²) in [4.78, 5) is -0.0449. The van der Waals surface area contributed by atoms with E-state index in [4.69, 9.17) is 10.9 Å². The van der Waals surface area contributed by atoms with Crippen LogP contribution in [0.1, 0.15) is 27.7 Å². The van der Waals surface area contributed by atoms with Gasteiger partial charge < -0.3 is 11.1 Å². The molecule has 102 valence electrons. The zero-order valence-corrected chi connectivity index (χ0v) is 12.0. The maximum absolute atomic E-state index is 11.2. The molecule has 5 nitrogen and oxygen atoms in total. The van der Waals surface area contributed by atoms with E-state index in [1.807, 2.05) is 0 Å². The van der Waals surface area contributed by atoms with Crippen molar-refractivity contribution >= 4 is 21.4 Å². The van der Waals surface area contributed by atoms with Crippen LogP contribution in [0.3, 0.4) is 0 Å². The fourth-order valence-electron chi connectivity index (χ4n) is 1.36. The van der Waals surface area contributed by atoms with E-state index >= 15 is 0 Å². The van der Waals surface area contributed by atoms with Gasteiger partial charge in [-0.15, -0.1) is 0 Å². The predicted octanol–water partition coefficient (Wildman–Crippen LogP) is 1.76. The van der Waals surface area contributed by atoms with Crippen molar-refractivity contribution in [2.45, 2.75) is 38.6 Å². The number of sulfonamides is 1. The maximum Gasteiger partial charge on any atom is 0.240 e. The Morgan fingerprint density at radius 3 is 2.22 bits per heavy atom. The molecule has 0 fully saturated rings. The van der Waals surface area contributed by atoms with Gasteiger partial charge in [0.2, 0.25) is 10.0 Å². The summed E-state index contributed by atoms with van der Waals surface area (Å²) in [5.74, 6) is 0. The lowest BCUT2D eigenvalue weighted by atomic mass is 9.88. The molecule has 0 amide bonds. The molecule has 1 aromatic carbocycles. The highest BCUT2D eigenvalue weighted by molar-refractivity contribution is 7.89. The van der Waals surface area contributed by atoms with E-state index in [1.54, 1.807) is 12.1 Å². The van der Waals surface area contributed by atoms with Gasteiger partial charge in [0.1, 0.15) is 4.90 Å². The standard InChI is InChI=1S/C12H21N3O2S/c1-8(12(2,3)4)15-9-5-6-11(10(13)7-9)18(14,16)17/h5-8,15H,13H2,1-4H3,(H2,14,16,17). The Morgan fingerprint density at radius 1 is 1.28 bits per heavy atom. The van der Waals surface area contributed by atoms with Crippen LogP contribution < -0.4 is 16.2 Å². The minimum absolute atomic E-state index is 0.0449. The highest BCUT2D eigenvalue weighted by Crippen LogP contribution is 2.26. The number of nitrogen functional groups attached to an aromatic ring is 1. The molecule has 0 aromatic heterocycles. The summed E-state index contributed by atoms with van der Waals surface area (Å²) in [6.45, 7) is 8.41. The summed E-state index contributed by atoms with van der Waals surface area (Å²) >= 11 is 0. The average Bonchev–Trinajstić information content (AvgIpc) is 2.13. The van der Waals surface area contributed by atoms with Gasteiger partial charge in [0, 0.05) is 11.7 Å². The van der Waals surface area contributed by atoms with E-state index in [9.17, 15) is 8.42 Å². The minimum atomic E-state index is -3.76.